The van der Waals surface area contributed by atoms with Gasteiger partial charge in [-0.1, -0.05) is 24.4 Å². The van der Waals surface area contributed by atoms with E-state index in [2.05, 4.69) is 5.32 Å². The summed E-state index contributed by atoms with van der Waals surface area (Å²) in [6.45, 7) is 2.77. The number of hydrogen-bond donors (Lipinski definition) is 1. The van der Waals surface area contributed by atoms with Crippen LogP contribution >= 0.6 is 11.6 Å². The van der Waals surface area contributed by atoms with Crippen molar-refractivity contribution in [3.8, 4) is 0 Å². The fourth-order valence-electron chi connectivity index (χ4n) is 3.78. The summed E-state index contributed by atoms with van der Waals surface area (Å²) in [5.74, 6) is -0.249. The Morgan fingerprint density at radius 2 is 1.79 bits per heavy atom. The zero-order valence-electron chi connectivity index (χ0n) is 16.5. The maximum absolute atomic E-state index is 13.0. The lowest BCUT2D eigenvalue weighted by atomic mass is 10.2. The molecule has 0 aromatic heterocycles. The number of sulfonamides is 1. The zero-order chi connectivity index (χ0) is 20.9. The largest absolute Gasteiger partial charge is 0.352 e. The number of benzene rings is 1. The highest BCUT2D eigenvalue weighted by Gasteiger charge is 2.26. The molecule has 2 aliphatic rings. The van der Waals surface area contributed by atoms with E-state index in [1.165, 1.54) is 22.5 Å². The highest BCUT2D eigenvalue weighted by Crippen LogP contribution is 2.25. The van der Waals surface area contributed by atoms with Gasteiger partial charge in [-0.05, 0) is 43.9 Å². The lowest BCUT2D eigenvalue weighted by Crippen LogP contribution is -2.32. The maximum Gasteiger partial charge on any atom is 0.252 e. The number of hydrogen-bond acceptors (Lipinski definition) is 4. The van der Waals surface area contributed by atoms with Gasteiger partial charge in [-0.3, -0.25) is 9.59 Å². The Kier molecular flexibility index (Phi) is 7.54. The van der Waals surface area contributed by atoms with Crippen LogP contribution in [-0.2, 0) is 14.8 Å². The van der Waals surface area contributed by atoms with Crippen molar-refractivity contribution in [2.75, 3.05) is 32.7 Å². The number of halogens is 1. The van der Waals surface area contributed by atoms with Crippen LogP contribution in [0.2, 0.25) is 5.02 Å². The quantitative estimate of drug-likeness (QED) is 0.659. The first-order valence-corrected chi connectivity index (χ1v) is 12.1. The van der Waals surface area contributed by atoms with Crippen molar-refractivity contribution in [2.45, 2.75) is 49.8 Å². The number of amides is 2. The van der Waals surface area contributed by atoms with E-state index >= 15 is 0 Å². The minimum atomic E-state index is -3.65. The number of nitrogens with one attached hydrogen (secondary N) is 1. The fraction of sp³-hybridized carbons (Fsp3) is 0.600. The lowest BCUT2D eigenvalue weighted by Gasteiger charge is -2.20. The fourth-order valence-corrected chi connectivity index (χ4v) is 5.52. The van der Waals surface area contributed by atoms with Gasteiger partial charge in [0.25, 0.3) is 5.91 Å². The monoisotopic (exact) mass is 441 g/mol. The summed E-state index contributed by atoms with van der Waals surface area (Å²) in [5.41, 5.74) is 0.153. The van der Waals surface area contributed by atoms with Crippen molar-refractivity contribution in [3.05, 3.63) is 28.8 Å². The van der Waals surface area contributed by atoms with Gasteiger partial charge in [0.1, 0.15) is 0 Å². The van der Waals surface area contributed by atoms with E-state index in [1.807, 2.05) is 0 Å². The molecule has 3 rings (SSSR count). The predicted octanol–water partition coefficient (Wildman–Crippen LogP) is 2.65. The van der Waals surface area contributed by atoms with Crippen LogP contribution in [0.5, 0.6) is 0 Å². The minimum Gasteiger partial charge on any atom is -0.352 e. The number of carbonyl (C=O) groups excluding carboxylic acids is 2. The Balaban J connectivity index is 1.63. The molecule has 1 aromatic carbocycles. The molecule has 0 bridgehead atoms. The standard InChI is InChI=1S/C20H28ClN3O4S/c21-18-9-8-16(29(27,28)24-13-3-1-2-4-14-24)15-17(18)20(26)22-10-6-12-23-11-5-7-19(23)25/h8-9,15H,1-7,10-14H2,(H,22,26). The molecule has 7 nitrogen and oxygen atoms in total. The van der Waals surface area contributed by atoms with Gasteiger partial charge in [0, 0.05) is 39.1 Å². The molecule has 29 heavy (non-hydrogen) atoms. The van der Waals surface area contributed by atoms with Gasteiger partial charge < -0.3 is 10.2 Å². The Hall–Kier alpha value is -1.64. The molecule has 0 unspecified atom stereocenters. The predicted molar refractivity (Wildman–Crippen MR) is 111 cm³/mol. The van der Waals surface area contributed by atoms with Crippen molar-refractivity contribution in [2.24, 2.45) is 0 Å². The van der Waals surface area contributed by atoms with Crippen molar-refractivity contribution in [3.63, 3.8) is 0 Å². The Labute approximate surface area is 177 Å². The van der Waals surface area contributed by atoms with E-state index in [0.717, 1.165) is 38.6 Å². The second-order valence-electron chi connectivity index (χ2n) is 7.55. The molecule has 0 aliphatic carbocycles. The van der Waals surface area contributed by atoms with Gasteiger partial charge in [-0.2, -0.15) is 4.31 Å². The Morgan fingerprint density at radius 3 is 2.45 bits per heavy atom. The topological polar surface area (TPSA) is 86.8 Å². The molecule has 9 heteroatoms. The van der Waals surface area contributed by atoms with E-state index in [0.29, 0.717) is 39.0 Å². The normalized spacial score (nSPS) is 18.7. The third kappa shape index (κ3) is 5.49. The molecule has 0 radical (unpaired) electrons. The van der Waals surface area contributed by atoms with Crippen molar-refractivity contribution in [1.29, 1.82) is 0 Å². The molecule has 2 fully saturated rings. The van der Waals surface area contributed by atoms with Crippen molar-refractivity contribution in [1.82, 2.24) is 14.5 Å². The van der Waals surface area contributed by atoms with Crippen LogP contribution in [0.3, 0.4) is 0 Å². The smallest absolute Gasteiger partial charge is 0.252 e. The summed E-state index contributed by atoms with van der Waals surface area (Å²) in [4.78, 5) is 26.1. The van der Waals surface area contributed by atoms with Gasteiger partial charge in [0.05, 0.1) is 15.5 Å². The molecular formula is C20H28ClN3O4S. The molecular weight excluding hydrogens is 414 g/mol. The molecule has 160 valence electrons. The van der Waals surface area contributed by atoms with Gasteiger partial charge >= 0.3 is 0 Å². The molecule has 2 aliphatic heterocycles. The molecule has 2 heterocycles. The van der Waals surface area contributed by atoms with Gasteiger partial charge in [-0.15, -0.1) is 0 Å². The van der Waals surface area contributed by atoms with E-state index in [4.69, 9.17) is 11.6 Å². The SMILES string of the molecule is O=C(NCCCN1CCCC1=O)c1cc(S(=O)(=O)N2CCCCCC2)ccc1Cl. The van der Waals surface area contributed by atoms with Crippen LogP contribution in [0.25, 0.3) is 0 Å². The maximum atomic E-state index is 13.0. The van der Waals surface area contributed by atoms with Gasteiger partial charge in [0.2, 0.25) is 15.9 Å². The highest BCUT2D eigenvalue weighted by molar-refractivity contribution is 7.89. The molecule has 0 spiro atoms. The number of carbonyl (C=O) groups is 2. The molecule has 0 saturated carbocycles. The van der Waals surface area contributed by atoms with Crippen LogP contribution in [0.15, 0.2) is 23.1 Å². The van der Waals surface area contributed by atoms with Gasteiger partial charge in [-0.25, -0.2) is 8.42 Å². The summed E-state index contributed by atoms with van der Waals surface area (Å²) in [6.07, 6.45) is 5.88. The van der Waals surface area contributed by atoms with E-state index < -0.39 is 15.9 Å². The molecule has 1 aromatic rings. The number of nitrogens with zero attached hydrogens (tertiary/aromatic N) is 2. The first-order valence-electron chi connectivity index (χ1n) is 10.3. The second-order valence-corrected chi connectivity index (χ2v) is 9.90. The summed E-state index contributed by atoms with van der Waals surface area (Å²) < 4.78 is 27.5. The summed E-state index contributed by atoms with van der Waals surface area (Å²) in [6, 6.07) is 4.28. The zero-order valence-corrected chi connectivity index (χ0v) is 18.1. The third-order valence-electron chi connectivity index (χ3n) is 5.45. The molecule has 2 saturated heterocycles. The Bertz CT molecular complexity index is 851. The van der Waals surface area contributed by atoms with Crippen LogP contribution in [0.4, 0.5) is 0 Å². The van der Waals surface area contributed by atoms with Crippen LogP contribution in [-0.4, -0.2) is 62.2 Å². The van der Waals surface area contributed by atoms with Gasteiger partial charge in [0.15, 0.2) is 0 Å². The van der Waals surface area contributed by atoms with Crippen LogP contribution < -0.4 is 5.32 Å². The first kappa shape index (κ1) is 22.1. The molecule has 0 atom stereocenters. The van der Waals surface area contributed by atoms with E-state index in [1.54, 1.807) is 4.90 Å². The van der Waals surface area contributed by atoms with Crippen molar-refractivity contribution >= 4 is 33.4 Å². The second kappa shape index (κ2) is 9.91. The summed E-state index contributed by atoms with van der Waals surface area (Å²) in [7, 11) is -3.65. The minimum absolute atomic E-state index is 0.0941. The molecule has 1 N–H and O–H groups in total. The molecule has 2 amide bonds. The third-order valence-corrected chi connectivity index (χ3v) is 7.67. The van der Waals surface area contributed by atoms with Crippen LogP contribution in [0, 0.1) is 0 Å². The lowest BCUT2D eigenvalue weighted by molar-refractivity contribution is -0.127. The van der Waals surface area contributed by atoms with Crippen LogP contribution in [0.1, 0.15) is 55.3 Å². The average molecular weight is 442 g/mol. The summed E-state index contributed by atoms with van der Waals surface area (Å²) >= 11 is 6.17. The number of rotatable bonds is 7. The highest BCUT2D eigenvalue weighted by atomic mass is 35.5. The Morgan fingerprint density at radius 1 is 1.07 bits per heavy atom. The first-order chi connectivity index (χ1) is 13.9. The van der Waals surface area contributed by atoms with E-state index in [-0.39, 0.29) is 21.4 Å². The summed E-state index contributed by atoms with van der Waals surface area (Å²) in [5, 5.41) is 2.99. The van der Waals surface area contributed by atoms with Crippen molar-refractivity contribution < 1.29 is 18.0 Å². The number of likely N-dealkylation sites (tertiary alicyclic amines) is 1. The van der Waals surface area contributed by atoms with E-state index in [9.17, 15) is 18.0 Å². The average Bonchev–Trinajstić information content (AvgIpc) is 2.93.